The van der Waals surface area contributed by atoms with E-state index in [0.29, 0.717) is 0 Å². The molecule has 0 N–H and O–H groups in total. The van der Waals surface area contributed by atoms with E-state index in [1.54, 1.807) is 0 Å². The van der Waals surface area contributed by atoms with E-state index in [1.807, 2.05) is 0 Å². The number of para-hydroxylation sites is 4. The first kappa shape index (κ1) is 44.6. The van der Waals surface area contributed by atoms with Crippen LogP contribution >= 0.6 is 0 Å². The van der Waals surface area contributed by atoms with Crippen molar-refractivity contribution in [1.82, 2.24) is 0 Å². The van der Waals surface area contributed by atoms with Crippen LogP contribution in [0.25, 0.3) is 22.3 Å². The second kappa shape index (κ2) is 16.9. The summed E-state index contributed by atoms with van der Waals surface area (Å²) >= 11 is 0. The molecule has 0 aromatic heterocycles. The summed E-state index contributed by atoms with van der Waals surface area (Å²) in [6.07, 6.45) is 0. The fraction of sp³-hybridized carbons (Fsp3) is 0.130. The maximum absolute atomic E-state index is 2.73. The standard InChI is InChI=1S/C69H58BN3/c1-45-39-47(3)65(48(4)40-45)49-42-57-56-31-22-33-59-67(56)73(62-34-21-20-32-58(62)69(59,50-23-12-8-13-24-50)51-25-14-9-15-26-51)70-60-37-36-55(71(53-27-16-10-17-28-53)54-29-18-11-19-30-54)44-63(60)72(64(43-49)66(57)70)61-38-35-52(41-46(61)2)68(5,6)7/h8-44H,1-7H3. The molecule has 10 aromatic rings. The topological polar surface area (TPSA) is 9.72 Å². The molecule has 0 amide bonds. The minimum Gasteiger partial charge on any atom is -0.376 e. The van der Waals surface area contributed by atoms with Gasteiger partial charge in [0.15, 0.2) is 0 Å². The lowest BCUT2D eigenvalue weighted by molar-refractivity contribution is 0.590. The van der Waals surface area contributed by atoms with Crippen molar-refractivity contribution >= 4 is 63.3 Å². The predicted octanol–water partition coefficient (Wildman–Crippen LogP) is 16.8. The van der Waals surface area contributed by atoms with Crippen LogP contribution in [-0.2, 0) is 10.8 Å². The van der Waals surface area contributed by atoms with Crippen LogP contribution in [0.4, 0.5) is 45.5 Å². The van der Waals surface area contributed by atoms with Gasteiger partial charge in [-0.05, 0) is 166 Å². The van der Waals surface area contributed by atoms with Crippen LogP contribution in [0.1, 0.15) is 70.8 Å². The first-order valence-corrected chi connectivity index (χ1v) is 25.9. The van der Waals surface area contributed by atoms with Gasteiger partial charge in [-0.25, -0.2) is 0 Å². The van der Waals surface area contributed by atoms with Crippen LogP contribution in [0.15, 0.2) is 224 Å². The summed E-state index contributed by atoms with van der Waals surface area (Å²) in [5.41, 5.74) is 27.8. The van der Waals surface area contributed by atoms with Gasteiger partial charge < -0.3 is 14.6 Å². The molecular formula is C69H58BN3. The highest BCUT2D eigenvalue weighted by Gasteiger charge is 2.53. The van der Waals surface area contributed by atoms with E-state index in [9.17, 15) is 0 Å². The van der Waals surface area contributed by atoms with Gasteiger partial charge in [0.05, 0.1) is 5.41 Å². The summed E-state index contributed by atoms with van der Waals surface area (Å²) in [7, 11) is 0. The normalized spacial score (nSPS) is 13.7. The van der Waals surface area contributed by atoms with E-state index < -0.39 is 5.41 Å². The molecule has 0 spiro atoms. The van der Waals surface area contributed by atoms with Crippen molar-refractivity contribution in [2.24, 2.45) is 0 Å². The molecule has 3 aliphatic heterocycles. The monoisotopic (exact) mass is 939 g/mol. The van der Waals surface area contributed by atoms with Crippen molar-refractivity contribution in [3.05, 3.63) is 275 Å². The second-order valence-electron chi connectivity index (χ2n) is 21.5. The summed E-state index contributed by atoms with van der Waals surface area (Å²) < 4.78 is 0. The molecule has 3 heterocycles. The Morgan fingerprint density at radius 3 is 1.64 bits per heavy atom. The van der Waals surface area contributed by atoms with Crippen LogP contribution in [0.5, 0.6) is 0 Å². The Morgan fingerprint density at radius 2 is 1.03 bits per heavy atom. The van der Waals surface area contributed by atoms with Crippen LogP contribution in [0, 0.1) is 27.7 Å². The summed E-state index contributed by atoms with van der Waals surface area (Å²) in [5.74, 6) is 0. The Hall–Kier alpha value is -8.34. The molecule has 73 heavy (non-hydrogen) atoms. The van der Waals surface area contributed by atoms with Crippen LogP contribution in [0.2, 0.25) is 0 Å². The molecular weight excluding hydrogens is 882 g/mol. The zero-order valence-corrected chi connectivity index (χ0v) is 42.8. The Labute approximate surface area is 431 Å². The van der Waals surface area contributed by atoms with Crippen molar-refractivity contribution < 1.29 is 0 Å². The Kier molecular flexibility index (Phi) is 10.3. The summed E-state index contributed by atoms with van der Waals surface area (Å²) in [4.78, 5) is 7.76. The first-order chi connectivity index (χ1) is 35.5. The van der Waals surface area contributed by atoms with Gasteiger partial charge in [-0.15, -0.1) is 0 Å². The number of anilines is 8. The third kappa shape index (κ3) is 6.80. The highest BCUT2D eigenvalue weighted by atomic mass is 15.2. The number of aryl methyl sites for hydroxylation is 4. The summed E-state index contributed by atoms with van der Waals surface area (Å²) in [6.45, 7) is 15.9. The van der Waals surface area contributed by atoms with Gasteiger partial charge in [-0.3, -0.25) is 0 Å². The predicted molar refractivity (Wildman–Crippen MR) is 310 cm³/mol. The summed E-state index contributed by atoms with van der Waals surface area (Å²) in [6, 6.07) is 84.7. The molecule has 0 saturated carbocycles. The van der Waals surface area contributed by atoms with E-state index in [-0.39, 0.29) is 12.3 Å². The van der Waals surface area contributed by atoms with Gasteiger partial charge in [0.1, 0.15) is 0 Å². The van der Waals surface area contributed by atoms with Crippen LogP contribution < -0.4 is 25.5 Å². The number of fused-ring (bicyclic) bond motifs is 6. The number of nitrogens with zero attached hydrogens (tertiary/aromatic N) is 3. The van der Waals surface area contributed by atoms with Gasteiger partial charge in [0, 0.05) is 51.1 Å². The smallest absolute Gasteiger partial charge is 0.333 e. The molecule has 0 aliphatic carbocycles. The fourth-order valence-corrected chi connectivity index (χ4v) is 13.0. The molecule has 352 valence electrons. The first-order valence-electron chi connectivity index (χ1n) is 25.9. The van der Waals surface area contributed by atoms with Gasteiger partial charge in [0.25, 0.3) is 0 Å². The summed E-state index contributed by atoms with van der Waals surface area (Å²) in [5, 5.41) is 0. The van der Waals surface area contributed by atoms with Gasteiger partial charge in [-0.1, -0.05) is 190 Å². The molecule has 0 atom stereocenters. The molecule has 13 rings (SSSR count). The average molecular weight is 940 g/mol. The van der Waals surface area contributed by atoms with Gasteiger partial charge in [-0.2, -0.15) is 0 Å². The van der Waals surface area contributed by atoms with Crippen molar-refractivity contribution in [1.29, 1.82) is 0 Å². The lowest BCUT2D eigenvalue weighted by Gasteiger charge is -2.53. The molecule has 3 nitrogen and oxygen atoms in total. The van der Waals surface area contributed by atoms with E-state index in [1.165, 1.54) is 112 Å². The van der Waals surface area contributed by atoms with Gasteiger partial charge in [0.2, 0.25) is 0 Å². The molecule has 10 aromatic carbocycles. The van der Waals surface area contributed by atoms with Crippen LogP contribution in [-0.4, -0.2) is 6.85 Å². The maximum atomic E-state index is 2.73. The maximum Gasteiger partial charge on any atom is 0.333 e. The molecule has 4 heteroatoms. The number of benzene rings is 10. The molecule has 0 radical (unpaired) electrons. The molecule has 3 aliphatic rings. The van der Waals surface area contributed by atoms with E-state index >= 15 is 0 Å². The minimum absolute atomic E-state index is 0.00933. The third-order valence-corrected chi connectivity index (χ3v) is 16.0. The zero-order chi connectivity index (χ0) is 49.8. The number of rotatable bonds is 7. The van der Waals surface area contributed by atoms with E-state index in [2.05, 4.69) is 288 Å². The quantitative estimate of drug-likeness (QED) is 0.147. The van der Waals surface area contributed by atoms with Crippen molar-refractivity contribution in [2.75, 3.05) is 14.6 Å². The van der Waals surface area contributed by atoms with Crippen molar-refractivity contribution in [2.45, 2.75) is 59.3 Å². The zero-order valence-electron chi connectivity index (χ0n) is 42.8. The minimum atomic E-state index is -0.603. The Morgan fingerprint density at radius 1 is 0.438 bits per heavy atom. The van der Waals surface area contributed by atoms with E-state index in [0.717, 1.165) is 17.1 Å². The SMILES string of the molecule is Cc1cc(C)c(-c2cc3c4c(c2)N(c2ccc(C(C)(C)C)cc2C)c2cc(N(c5ccccc5)c5ccccc5)ccc2B4N2c4ccccc4C(c4ccccc4)(c4ccccc4)c4cccc-3c42)c(C)c1. The number of hydrogen-bond donors (Lipinski definition) is 0. The molecule has 0 bridgehead atoms. The highest BCUT2D eigenvalue weighted by molar-refractivity contribution is 6.93. The van der Waals surface area contributed by atoms with Gasteiger partial charge >= 0.3 is 6.85 Å². The lowest BCUT2D eigenvalue weighted by Crippen LogP contribution is -2.63. The third-order valence-electron chi connectivity index (χ3n) is 16.0. The Bertz CT molecular complexity index is 3680. The van der Waals surface area contributed by atoms with Crippen LogP contribution in [0.3, 0.4) is 0 Å². The largest absolute Gasteiger partial charge is 0.376 e. The molecule has 0 saturated heterocycles. The lowest BCUT2D eigenvalue weighted by atomic mass is 9.42. The fourth-order valence-electron chi connectivity index (χ4n) is 13.0. The Balaban J connectivity index is 1.19. The second-order valence-corrected chi connectivity index (χ2v) is 21.5. The van der Waals surface area contributed by atoms with E-state index in [4.69, 9.17) is 0 Å². The highest BCUT2D eigenvalue weighted by Crippen LogP contribution is 2.61. The number of hydrogen-bond acceptors (Lipinski definition) is 3. The van der Waals surface area contributed by atoms with Crippen molar-refractivity contribution in [3.63, 3.8) is 0 Å². The average Bonchev–Trinajstić information content (AvgIpc) is 3.40. The molecule has 0 unspecified atom stereocenters. The molecule has 0 fully saturated rings. The van der Waals surface area contributed by atoms with Crippen molar-refractivity contribution in [3.8, 4) is 22.3 Å².